The summed E-state index contributed by atoms with van der Waals surface area (Å²) in [6.45, 7) is 1.94. The van der Waals surface area contributed by atoms with Crippen molar-refractivity contribution in [2.24, 2.45) is 0 Å². The molecule has 0 aliphatic rings. The fourth-order valence-electron chi connectivity index (χ4n) is 2.55. The van der Waals surface area contributed by atoms with E-state index in [1.807, 2.05) is 0 Å². The van der Waals surface area contributed by atoms with Gasteiger partial charge < -0.3 is 10.4 Å². The van der Waals surface area contributed by atoms with Crippen molar-refractivity contribution in [3.05, 3.63) is 48.6 Å². The molecule has 0 rings (SSSR count). The Balaban J connectivity index is 3.43. The summed E-state index contributed by atoms with van der Waals surface area (Å²) < 4.78 is 0. The molecular formula is C24H39NO3. The van der Waals surface area contributed by atoms with Gasteiger partial charge in [-0.05, 0) is 51.4 Å². The van der Waals surface area contributed by atoms with Gasteiger partial charge >= 0.3 is 5.97 Å². The fraction of sp³-hybridized carbons (Fsp3) is 0.583. The topological polar surface area (TPSA) is 66.4 Å². The number of carboxylic acids is 1. The highest BCUT2D eigenvalue weighted by molar-refractivity contribution is 5.80. The molecule has 0 radical (unpaired) electrons. The van der Waals surface area contributed by atoms with E-state index in [4.69, 9.17) is 5.11 Å². The highest BCUT2D eigenvalue weighted by Crippen LogP contribution is 2.04. The summed E-state index contributed by atoms with van der Waals surface area (Å²) >= 11 is 0. The lowest BCUT2D eigenvalue weighted by molar-refractivity contribution is -0.137. The second-order valence-corrected chi connectivity index (χ2v) is 6.86. The second kappa shape index (κ2) is 21.2. The average molecular weight is 390 g/mol. The molecule has 1 amide bonds. The highest BCUT2D eigenvalue weighted by Gasteiger charge is 2.02. The van der Waals surface area contributed by atoms with Crippen LogP contribution in [0.4, 0.5) is 0 Å². The smallest absolute Gasteiger partial charge is 0.322 e. The van der Waals surface area contributed by atoms with Crippen LogP contribution in [0.15, 0.2) is 48.6 Å². The van der Waals surface area contributed by atoms with E-state index >= 15 is 0 Å². The van der Waals surface area contributed by atoms with E-state index in [0.717, 1.165) is 44.9 Å². The van der Waals surface area contributed by atoms with Gasteiger partial charge in [0, 0.05) is 6.42 Å². The van der Waals surface area contributed by atoms with Crippen molar-refractivity contribution in [2.75, 3.05) is 6.54 Å². The fourth-order valence-corrected chi connectivity index (χ4v) is 2.55. The standard InChI is InChI=1S/C24H39NO3/c1-2-3-4-5-6-7-8-9-10-11-12-13-14-15-16-17-18-19-20-21-23(26)25-22-24(27)28/h6-7,9-10,12-13,15-16H,2-5,8,11,14,17-22H2,1H3,(H,25,26)(H,27,28)/b7-6-,10-9-,13-12-,16-15-. The molecular weight excluding hydrogens is 350 g/mol. The van der Waals surface area contributed by atoms with Crippen molar-refractivity contribution in [1.29, 1.82) is 0 Å². The molecule has 0 saturated carbocycles. The molecule has 4 nitrogen and oxygen atoms in total. The lowest BCUT2D eigenvalue weighted by Gasteiger charge is -2.01. The van der Waals surface area contributed by atoms with Gasteiger partial charge in [-0.3, -0.25) is 9.59 Å². The number of allylic oxidation sites excluding steroid dienone is 8. The molecule has 0 aromatic heterocycles. The van der Waals surface area contributed by atoms with E-state index in [1.54, 1.807) is 0 Å². The Morgan fingerprint density at radius 3 is 1.71 bits per heavy atom. The van der Waals surface area contributed by atoms with Crippen molar-refractivity contribution in [2.45, 2.75) is 84.0 Å². The van der Waals surface area contributed by atoms with Gasteiger partial charge in [0.15, 0.2) is 0 Å². The third-order valence-electron chi connectivity index (χ3n) is 4.17. The Bertz CT molecular complexity index is 504. The lowest BCUT2D eigenvalue weighted by Crippen LogP contribution is -2.28. The minimum absolute atomic E-state index is 0.180. The number of amides is 1. The number of carbonyl (C=O) groups excluding carboxylic acids is 1. The van der Waals surface area contributed by atoms with Crippen LogP contribution < -0.4 is 5.32 Å². The summed E-state index contributed by atoms with van der Waals surface area (Å²) in [5, 5.41) is 10.8. The average Bonchev–Trinajstić information content (AvgIpc) is 2.68. The molecule has 0 aromatic rings. The van der Waals surface area contributed by atoms with Gasteiger partial charge in [-0.25, -0.2) is 0 Å². The molecule has 0 unspecified atom stereocenters. The number of hydrogen-bond acceptors (Lipinski definition) is 2. The number of carbonyl (C=O) groups is 2. The molecule has 0 aromatic carbocycles. The van der Waals surface area contributed by atoms with Crippen LogP contribution >= 0.6 is 0 Å². The number of nitrogens with one attached hydrogen (secondary N) is 1. The first-order valence-electron chi connectivity index (χ1n) is 10.7. The Labute approximate surface area is 171 Å². The van der Waals surface area contributed by atoms with E-state index in [-0.39, 0.29) is 12.5 Å². The predicted octanol–water partition coefficient (Wildman–Crippen LogP) is 6.11. The van der Waals surface area contributed by atoms with Crippen LogP contribution in [0.3, 0.4) is 0 Å². The number of hydrogen-bond donors (Lipinski definition) is 2. The van der Waals surface area contributed by atoms with Crippen LogP contribution in [-0.2, 0) is 9.59 Å². The first-order chi connectivity index (χ1) is 13.7. The van der Waals surface area contributed by atoms with Crippen molar-refractivity contribution < 1.29 is 14.7 Å². The zero-order valence-corrected chi connectivity index (χ0v) is 17.6. The van der Waals surface area contributed by atoms with Crippen molar-refractivity contribution in [3.8, 4) is 0 Å². The van der Waals surface area contributed by atoms with Crippen molar-refractivity contribution in [3.63, 3.8) is 0 Å². The van der Waals surface area contributed by atoms with Crippen molar-refractivity contribution in [1.82, 2.24) is 5.32 Å². The molecule has 28 heavy (non-hydrogen) atoms. The molecule has 4 heteroatoms. The largest absolute Gasteiger partial charge is 0.480 e. The molecule has 0 saturated heterocycles. The van der Waals surface area contributed by atoms with E-state index in [1.165, 1.54) is 25.7 Å². The third kappa shape index (κ3) is 21.9. The number of aliphatic carboxylic acids is 1. The van der Waals surface area contributed by atoms with E-state index in [2.05, 4.69) is 60.8 Å². The summed E-state index contributed by atoms with van der Waals surface area (Å²) in [6.07, 6.45) is 30.1. The summed E-state index contributed by atoms with van der Waals surface area (Å²) in [5.74, 6) is -1.19. The summed E-state index contributed by atoms with van der Waals surface area (Å²) in [5.41, 5.74) is 0. The van der Waals surface area contributed by atoms with E-state index < -0.39 is 5.97 Å². The lowest BCUT2D eigenvalue weighted by atomic mass is 10.1. The Morgan fingerprint density at radius 1 is 0.714 bits per heavy atom. The summed E-state index contributed by atoms with van der Waals surface area (Å²) in [6, 6.07) is 0. The summed E-state index contributed by atoms with van der Waals surface area (Å²) in [4.78, 5) is 21.6. The van der Waals surface area contributed by atoms with E-state index in [9.17, 15) is 9.59 Å². The molecule has 158 valence electrons. The van der Waals surface area contributed by atoms with Crippen LogP contribution in [0.1, 0.15) is 84.0 Å². The third-order valence-corrected chi connectivity index (χ3v) is 4.17. The van der Waals surface area contributed by atoms with Gasteiger partial charge in [0.25, 0.3) is 0 Å². The summed E-state index contributed by atoms with van der Waals surface area (Å²) in [7, 11) is 0. The maximum Gasteiger partial charge on any atom is 0.322 e. The van der Waals surface area contributed by atoms with Gasteiger partial charge in [0.05, 0.1) is 0 Å². The van der Waals surface area contributed by atoms with Crippen molar-refractivity contribution >= 4 is 11.9 Å². The highest BCUT2D eigenvalue weighted by atomic mass is 16.4. The first kappa shape index (κ1) is 25.9. The second-order valence-electron chi connectivity index (χ2n) is 6.86. The van der Waals surface area contributed by atoms with Gasteiger partial charge in [-0.2, -0.15) is 0 Å². The first-order valence-corrected chi connectivity index (χ1v) is 10.7. The predicted molar refractivity (Wildman–Crippen MR) is 118 cm³/mol. The quantitative estimate of drug-likeness (QED) is 0.219. The van der Waals surface area contributed by atoms with Gasteiger partial charge in [-0.1, -0.05) is 74.8 Å². The number of unbranched alkanes of at least 4 members (excludes halogenated alkanes) is 6. The van der Waals surface area contributed by atoms with Crippen LogP contribution in [0.5, 0.6) is 0 Å². The maximum absolute atomic E-state index is 11.3. The Kier molecular flexibility index (Phi) is 19.6. The number of rotatable bonds is 18. The van der Waals surface area contributed by atoms with Crippen LogP contribution in [0.2, 0.25) is 0 Å². The SMILES string of the molecule is CCCCC/C=C\C/C=C\C/C=C\C/C=C\CCCCCC(=O)NCC(=O)O. The van der Waals surface area contributed by atoms with Crippen LogP contribution in [-0.4, -0.2) is 23.5 Å². The van der Waals surface area contributed by atoms with E-state index in [0.29, 0.717) is 6.42 Å². The maximum atomic E-state index is 11.3. The van der Waals surface area contributed by atoms with Crippen LogP contribution in [0, 0.1) is 0 Å². The Morgan fingerprint density at radius 2 is 1.21 bits per heavy atom. The van der Waals surface area contributed by atoms with Crippen LogP contribution in [0.25, 0.3) is 0 Å². The molecule has 0 heterocycles. The monoisotopic (exact) mass is 389 g/mol. The normalized spacial score (nSPS) is 12.0. The Hall–Kier alpha value is -2.10. The van der Waals surface area contributed by atoms with Gasteiger partial charge in [-0.15, -0.1) is 0 Å². The molecule has 0 atom stereocenters. The zero-order chi connectivity index (χ0) is 20.7. The molecule has 0 spiro atoms. The molecule has 2 N–H and O–H groups in total. The minimum Gasteiger partial charge on any atom is -0.480 e. The van der Waals surface area contributed by atoms with Gasteiger partial charge in [0.2, 0.25) is 5.91 Å². The molecule has 0 aliphatic carbocycles. The molecule has 0 bridgehead atoms. The minimum atomic E-state index is -1.01. The molecule has 0 fully saturated rings. The molecule has 0 aliphatic heterocycles. The zero-order valence-electron chi connectivity index (χ0n) is 17.6. The number of carboxylic acid groups (broad SMARTS) is 1. The van der Waals surface area contributed by atoms with Gasteiger partial charge in [0.1, 0.15) is 6.54 Å².